The summed E-state index contributed by atoms with van der Waals surface area (Å²) in [6, 6.07) is 8.09. The molecule has 0 saturated carbocycles. The number of anilines is 2. The van der Waals surface area contributed by atoms with Gasteiger partial charge in [0.05, 0.1) is 13.2 Å². The van der Waals surface area contributed by atoms with Crippen LogP contribution in [0.4, 0.5) is 11.4 Å². The van der Waals surface area contributed by atoms with E-state index in [1.165, 1.54) is 0 Å². The fourth-order valence-corrected chi connectivity index (χ4v) is 3.04. The Labute approximate surface area is 145 Å². The van der Waals surface area contributed by atoms with Crippen LogP contribution in [0.15, 0.2) is 24.3 Å². The van der Waals surface area contributed by atoms with Crippen molar-refractivity contribution in [2.24, 2.45) is 0 Å². The van der Waals surface area contributed by atoms with Gasteiger partial charge in [-0.3, -0.25) is 14.6 Å². The fraction of sp³-hybridized carbons (Fsp3) is 0.611. The van der Waals surface area contributed by atoms with Crippen LogP contribution in [0.2, 0.25) is 0 Å². The summed E-state index contributed by atoms with van der Waals surface area (Å²) in [5, 5.41) is 12.3. The first-order valence-corrected chi connectivity index (χ1v) is 8.68. The number of carbonyl (C=O) groups is 1. The van der Waals surface area contributed by atoms with Gasteiger partial charge in [0.25, 0.3) is 0 Å². The maximum Gasteiger partial charge on any atom is 0.238 e. The van der Waals surface area contributed by atoms with E-state index in [1.807, 2.05) is 43.3 Å². The Balaban J connectivity index is 1.77. The molecule has 1 saturated heterocycles. The number of hydrogen-bond donors (Lipinski definition) is 2. The number of aliphatic hydroxyl groups is 1. The van der Waals surface area contributed by atoms with E-state index in [9.17, 15) is 9.90 Å². The van der Waals surface area contributed by atoms with E-state index in [1.54, 1.807) is 0 Å². The van der Waals surface area contributed by atoms with Crippen molar-refractivity contribution in [1.29, 1.82) is 0 Å². The van der Waals surface area contributed by atoms with Crippen molar-refractivity contribution in [3.05, 3.63) is 24.3 Å². The van der Waals surface area contributed by atoms with E-state index < -0.39 is 0 Å². The average Bonchev–Trinajstić information content (AvgIpc) is 2.58. The van der Waals surface area contributed by atoms with E-state index in [-0.39, 0.29) is 18.6 Å². The summed E-state index contributed by atoms with van der Waals surface area (Å²) in [7, 11) is 3.99. The van der Waals surface area contributed by atoms with Crippen LogP contribution in [0, 0.1) is 0 Å². The lowest BCUT2D eigenvalue weighted by Crippen LogP contribution is -2.52. The van der Waals surface area contributed by atoms with Gasteiger partial charge in [-0.1, -0.05) is 6.92 Å². The molecule has 1 unspecified atom stereocenters. The highest BCUT2D eigenvalue weighted by Crippen LogP contribution is 2.16. The molecule has 0 spiro atoms. The molecule has 1 aromatic rings. The summed E-state index contributed by atoms with van der Waals surface area (Å²) in [5.41, 5.74) is 1.94. The number of benzene rings is 1. The number of carbonyl (C=O) groups excluding carboxylic acids is 1. The van der Waals surface area contributed by atoms with E-state index in [0.717, 1.165) is 44.0 Å². The van der Waals surface area contributed by atoms with E-state index in [0.29, 0.717) is 6.54 Å². The molecule has 0 radical (unpaired) electrons. The van der Waals surface area contributed by atoms with Crippen molar-refractivity contribution in [1.82, 2.24) is 9.80 Å². The quantitative estimate of drug-likeness (QED) is 0.781. The van der Waals surface area contributed by atoms with Crippen LogP contribution < -0.4 is 10.2 Å². The molecule has 6 heteroatoms. The summed E-state index contributed by atoms with van der Waals surface area (Å²) >= 11 is 0. The van der Waals surface area contributed by atoms with E-state index in [4.69, 9.17) is 0 Å². The number of nitrogens with one attached hydrogen (secondary N) is 1. The number of amides is 1. The van der Waals surface area contributed by atoms with Gasteiger partial charge < -0.3 is 15.3 Å². The van der Waals surface area contributed by atoms with Gasteiger partial charge >= 0.3 is 0 Å². The molecule has 134 valence electrons. The molecule has 24 heavy (non-hydrogen) atoms. The minimum Gasteiger partial charge on any atom is -0.395 e. The topological polar surface area (TPSA) is 59.1 Å². The van der Waals surface area contributed by atoms with Gasteiger partial charge in [0.2, 0.25) is 5.91 Å². The molecular weight excluding hydrogens is 304 g/mol. The molecule has 0 aromatic heterocycles. The largest absolute Gasteiger partial charge is 0.395 e. The first-order chi connectivity index (χ1) is 11.5. The lowest BCUT2D eigenvalue weighted by Gasteiger charge is -2.38. The lowest BCUT2D eigenvalue weighted by atomic mass is 10.1. The Morgan fingerprint density at radius 3 is 2.33 bits per heavy atom. The average molecular weight is 334 g/mol. The normalized spacial score (nSPS) is 17.5. The second-order valence-electron chi connectivity index (χ2n) is 6.55. The van der Waals surface area contributed by atoms with Gasteiger partial charge in [-0.25, -0.2) is 0 Å². The van der Waals surface area contributed by atoms with Crippen LogP contribution >= 0.6 is 0 Å². The standard InChI is InChI=1S/C18H30N4O2/c1-4-16(14-23)22-11-9-21(10-12-22)13-18(24)19-15-5-7-17(8-6-15)20(2)3/h5-8,16,23H,4,9-14H2,1-3H3,(H,19,24). The van der Waals surface area contributed by atoms with Gasteiger partial charge in [-0.15, -0.1) is 0 Å². The molecule has 1 aliphatic heterocycles. The Hall–Kier alpha value is -1.63. The molecule has 2 N–H and O–H groups in total. The first-order valence-electron chi connectivity index (χ1n) is 8.68. The first kappa shape index (κ1) is 18.7. The van der Waals surface area contributed by atoms with Gasteiger partial charge in [-0.05, 0) is 30.7 Å². The molecule has 1 fully saturated rings. The van der Waals surface area contributed by atoms with Crippen molar-refractivity contribution in [2.45, 2.75) is 19.4 Å². The van der Waals surface area contributed by atoms with Gasteiger partial charge in [-0.2, -0.15) is 0 Å². The Kier molecular flexibility index (Phi) is 7.02. The van der Waals surface area contributed by atoms with E-state index >= 15 is 0 Å². The number of rotatable bonds is 7. The van der Waals surface area contributed by atoms with Crippen molar-refractivity contribution < 1.29 is 9.90 Å². The second-order valence-corrected chi connectivity index (χ2v) is 6.55. The Bertz CT molecular complexity index is 506. The number of piperazine rings is 1. The summed E-state index contributed by atoms with van der Waals surface area (Å²) in [4.78, 5) is 18.7. The monoisotopic (exact) mass is 334 g/mol. The maximum atomic E-state index is 12.2. The third kappa shape index (κ3) is 5.19. The molecule has 1 heterocycles. The predicted octanol–water partition coefficient (Wildman–Crippen LogP) is 1.08. The molecule has 0 bridgehead atoms. The van der Waals surface area contributed by atoms with Crippen LogP contribution in [0.25, 0.3) is 0 Å². The highest BCUT2D eigenvalue weighted by Gasteiger charge is 2.23. The molecule has 1 aromatic carbocycles. The SMILES string of the molecule is CCC(CO)N1CCN(CC(=O)Nc2ccc(N(C)C)cc2)CC1. The highest BCUT2D eigenvalue weighted by molar-refractivity contribution is 5.92. The number of aliphatic hydroxyl groups excluding tert-OH is 1. The Morgan fingerprint density at radius 2 is 1.83 bits per heavy atom. The van der Waals surface area contributed by atoms with Gasteiger partial charge in [0, 0.05) is 57.7 Å². The number of hydrogen-bond acceptors (Lipinski definition) is 5. The molecule has 1 amide bonds. The Morgan fingerprint density at radius 1 is 1.21 bits per heavy atom. The molecule has 1 atom stereocenters. The van der Waals surface area contributed by atoms with Crippen molar-refractivity contribution in [3.63, 3.8) is 0 Å². The van der Waals surface area contributed by atoms with Crippen LogP contribution in [-0.2, 0) is 4.79 Å². The second kappa shape index (κ2) is 9.01. The highest BCUT2D eigenvalue weighted by atomic mass is 16.3. The summed E-state index contributed by atoms with van der Waals surface area (Å²) in [6.07, 6.45) is 0.958. The summed E-state index contributed by atoms with van der Waals surface area (Å²) in [5.74, 6) is 0.0234. The van der Waals surface area contributed by atoms with Gasteiger partial charge in [0.15, 0.2) is 0 Å². The third-order valence-corrected chi connectivity index (χ3v) is 4.64. The minimum atomic E-state index is 0.0234. The fourth-order valence-electron chi connectivity index (χ4n) is 3.04. The third-order valence-electron chi connectivity index (χ3n) is 4.64. The zero-order valence-electron chi connectivity index (χ0n) is 15.0. The molecule has 0 aliphatic carbocycles. The summed E-state index contributed by atoms with van der Waals surface area (Å²) in [6.45, 7) is 6.27. The predicted molar refractivity (Wildman–Crippen MR) is 98.6 cm³/mol. The zero-order valence-corrected chi connectivity index (χ0v) is 15.0. The maximum absolute atomic E-state index is 12.2. The molecule has 6 nitrogen and oxygen atoms in total. The zero-order chi connectivity index (χ0) is 17.5. The van der Waals surface area contributed by atoms with Crippen molar-refractivity contribution >= 4 is 17.3 Å². The minimum absolute atomic E-state index is 0.0234. The smallest absolute Gasteiger partial charge is 0.238 e. The van der Waals surface area contributed by atoms with Crippen molar-refractivity contribution in [3.8, 4) is 0 Å². The molecular formula is C18H30N4O2. The molecule has 2 rings (SSSR count). The van der Waals surface area contributed by atoms with E-state index in [2.05, 4.69) is 22.0 Å². The molecule has 1 aliphatic rings. The van der Waals surface area contributed by atoms with Crippen LogP contribution in [0.1, 0.15) is 13.3 Å². The van der Waals surface area contributed by atoms with Crippen molar-refractivity contribution in [2.75, 3.05) is 63.6 Å². The van der Waals surface area contributed by atoms with Crippen LogP contribution in [0.3, 0.4) is 0 Å². The van der Waals surface area contributed by atoms with Crippen LogP contribution in [-0.4, -0.2) is 80.3 Å². The van der Waals surface area contributed by atoms with Crippen LogP contribution in [0.5, 0.6) is 0 Å². The number of nitrogens with zero attached hydrogens (tertiary/aromatic N) is 3. The lowest BCUT2D eigenvalue weighted by molar-refractivity contribution is -0.117. The van der Waals surface area contributed by atoms with Gasteiger partial charge in [0.1, 0.15) is 0 Å². The summed E-state index contributed by atoms with van der Waals surface area (Å²) < 4.78 is 0.